The van der Waals surface area contributed by atoms with E-state index in [4.69, 9.17) is 4.74 Å². The number of ether oxygens (including phenoxy) is 1. The molecule has 1 aromatic heterocycles. The summed E-state index contributed by atoms with van der Waals surface area (Å²) in [6.45, 7) is 8.09. The Kier molecular flexibility index (Phi) is 6.39. The van der Waals surface area contributed by atoms with Gasteiger partial charge in [0.05, 0.1) is 12.5 Å². The second-order valence-corrected chi connectivity index (χ2v) is 7.40. The number of hydrogen-bond acceptors (Lipinski definition) is 3. The molecule has 0 radical (unpaired) electrons. The number of aromatic nitrogens is 1. The molecule has 28 heavy (non-hydrogen) atoms. The SMILES string of the molecule is CCOc1ccc(CNC(=O)[C@H]2CCCN(C(=O)c3[nH]c(C)cc3C)C2)cc1. The number of nitrogens with zero attached hydrogens (tertiary/aromatic N) is 1. The van der Waals surface area contributed by atoms with Crippen molar-refractivity contribution in [3.63, 3.8) is 0 Å². The van der Waals surface area contributed by atoms with Crippen molar-refractivity contribution in [3.8, 4) is 5.75 Å². The third-order valence-electron chi connectivity index (χ3n) is 5.14. The molecule has 1 saturated heterocycles. The minimum absolute atomic E-state index is 0.00535. The summed E-state index contributed by atoms with van der Waals surface area (Å²) in [5, 5.41) is 3.01. The minimum atomic E-state index is -0.170. The van der Waals surface area contributed by atoms with Gasteiger partial charge >= 0.3 is 0 Å². The fraction of sp³-hybridized carbons (Fsp3) is 0.455. The van der Waals surface area contributed by atoms with E-state index in [2.05, 4.69) is 10.3 Å². The highest BCUT2D eigenvalue weighted by molar-refractivity contribution is 5.94. The third-order valence-corrected chi connectivity index (χ3v) is 5.14. The Balaban J connectivity index is 1.55. The van der Waals surface area contributed by atoms with Crippen LogP contribution in [-0.4, -0.2) is 41.4 Å². The monoisotopic (exact) mass is 383 g/mol. The predicted octanol–water partition coefficient (Wildman–Crippen LogP) is 3.20. The van der Waals surface area contributed by atoms with Gasteiger partial charge in [0.25, 0.3) is 5.91 Å². The molecule has 1 atom stereocenters. The third kappa shape index (κ3) is 4.74. The number of hydrogen-bond donors (Lipinski definition) is 2. The first-order valence-corrected chi connectivity index (χ1v) is 9.93. The lowest BCUT2D eigenvalue weighted by Gasteiger charge is -2.32. The van der Waals surface area contributed by atoms with Crippen molar-refractivity contribution < 1.29 is 14.3 Å². The van der Waals surface area contributed by atoms with Crippen LogP contribution in [0.25, 0.3) is 0 Å². The molecule has 1 aliphatic heterocycles. The van der Waals surface area contributed by atoms with Gasteiger partial charge in [-0.15, -0.1) is 0 Å². The molecule has 0 unspecified atom stereocenters. The second-order valence-electron chi connectivity index (χ2n) is 7.40. The van der Waals surface area contributed by atoms with Gasteiger partial charge in [0.1, 0.15) is 11.4 Å². The number of carbonyl (C=O) groups is 2. The van der Waals surface area contributed by atoms with Crippen LogP contribution in [0.1, 0.15) is 47.1 Å². The summed E-state index contributed by atoms with van der Waals surface area (Å²) >= 11 is 0. The van der Waals surface area contributed by atoms with Crippen molar-refractivity contribution in [3.05, 3.63) is 52.8 Å². The van der Waals surface area contributed by atoms with E-state index in [1.807, 2.05) is 51.1 Å². The van der Waals surface area contributed by atoms with Crippen LogP contribution in [0.15, 0.2) is 30.3 Å². The molecule has 2 heterocycles. The normalized spacial score (nSPS) is 16.7. The first-order valence-electron chi connectivity index (χ1n) is 9.93. The summed E-state index contributed by atoms with van der Waals surface area (Å²) in [5.74, 6) is 0.644. The van der Waals surface area contributed by atoms with Gasteiger partial charge in [0, 0.05) is 25.3 Å². The van der Waals surface area contributed by atoms with Gasteiger partial charge in [-0.3, -0.25) is 9.59 Å². The number of nitrogens with one attached hydrogen (secondary N) is 2. The number of aryl methyl sites for hydroxylation is 2. The van der Waals surface area contributed by atoms with Crippen molar-refractivity contribution in [1.82, 2.24) is 15.2 Å². The molecule has 1 aliphatic rings. The smallest absolute Gasteiger partial charge is 0.270 e. The Bertz CT molecular complexity index is 826. The van der Waals surface area contributed by atoms with Crippen LogP contribution in [0.3, 0.4) is 0 Å². The molecule has 0 aliphatic carbocycles. The van der Waals surface area contributed by atoms with Gasteiger partial charge in [-0.1, -0.05) is 12.1 Å². The van der Waals surface area contributed by atoms with Crippen LogP contribution in [0.4, 0.5) is 0 Å². The highest BCUT2D eigenvalue weighted by Crippen LogP contribution is 2.20. The molecule has 3 rings (SSSR count). The van der Waals surface area contributed by atoms with Crippen LogP contribution in [0.2, 0.25) is 0 Å². The zero-order valence-corrected chi connectivity index (χ0v) is 16.9. The number of likely N-dealkylation sites (tertiary alicyclic amines) is 1. The van der Waals surface area contributed by atoms with Crippen molar-refractivity contribution in [2.24, 2.45) is 5.92 Å². The molecule has 6 heteroatoms. The van der Waals surface area contributed by atoms with E-state index in [9.17, 15) is 9.59 Å². The van der Waals surface area contributed by atoms with E-state index in [1.165, 1.54) is 0 Å². The Hall–Kier alpha value is -2.76. The van der Waals surface area contributed by atoms with E-state index in [0.717, 1.165) is 35.4 Å². The molecule has 150 valence electrons. The quantitative estimate of drug-likeness (QED) is 0.804. The Labute approximate surface area is 166 Å². The Morgan fingerprint density at radius 2 is 2.00 bits per heavy atom. The summed E-state index contributed by atoms with van der Waals surface area (Å²) in [6.07, 6.45) is 1.65. The lowest BCUT2D eigenvalue weighted by Crippen LogP contribution is -2.45. The number of amides is 2. The first-order chi connectivity index (χ1) is 13.5. The molecule has 2 amide bonds. The van der Waals surface area contributed by atoms with Crippen LogP contribution >= 0.6 is 0 Å². The van der Waals surface area contributed by atoms with Crippen molar-refractivity contribution in [2.45, 2.75) is 40.2 Å². The fourth-order valence-electron chi connectivity index (χ4n) is 3.69. The lowest BCUT2D eigenvalue weighted by molar-refractivity contribution is -0.126. The number of aromatic amines is 1. The van der Waals surface area contributed by atoms with Gasteiger partial charge in [0.15, 0.2) is 0 Å². The largest absolute Gasteiger partial charge is 0.494 e. The fourth-order valence-corrected chi connectivity index (χ4v) is 3.69. The lowest BCUT2D eigenvalue weighted by atomic mass is 9.96. The summed E-state index contributed by atoms with van der Waals surface area (Å²) in [5.41, 5.74) is 3.58. The minimum Gasteiger partial charge on any atom is -0.494 e. The first kappa shape index (κ1) is 20.0. The zero-order chi connectivity index (χ0) is 20.1. The van der Waals surface area contributed by atoms with E-state index < -0.39 is 0 Å². The van der Waals surface area contributed by atoms with Gasteiger partial charge in [-0.2, -0.15) is 0 Å². The predicted molar refractivity (Wildman–Crippen MR) is 108 cm³/mol. The van der Waals surface area contributed by atoms with Crippen molar-refractivity contribution in [2.75, 3.05) is 19.7 Å². The molecule has 0 bridgehead atoms. The van der Waals surface area contributed by atoms with Crippen LogP contribution in [0, 0.1) is 19.8 Å². The maximum absolute atomic E-state index is 12.8. The number of carbonyl (C=O) groups excluding carboxylic acids is 2. The van der Waals surface area contributed by atoms with Crippen molar-refractivity contribution in [1.29, 1.82) is 0 Å². The summed E-state index contributed by atoms with van der Waals surface area (Å²) in [6, 6.07) is 9.70. The molecule has 1 aromatic carbocycles. The second kappa shape index (κ2) is 8.95. The highest BCUT2D eigenvalue weighted by atomic mass is 16.5. The Morgan fingerprint density at radius 1 is 1.25 bits per heavy atom. The topological polar surface area (TPSA) is 74.4 Å². The van der Waals surface area contributed by atoms with Crippen LogP contribution < -0.4 is 10.1 Å². The zero-order valence-electron chi connectivity index (χ0n) is 16.9. The van der Waals surface area contributed by atoms with Crippen molar-refractivity contribution >= 4 is 11.8 Å². The maximum Gasteiger partial charge on any atom is 0.270 e. The molecule has 2 N–H and O–H groups in total. The average Bonchev–Trinajstić information content (AvgIpc) is 3.05. The molecule has 6 nitrogen and oxygen atoms in total. The number of piperidine rings is 1. The summed E-state index contributed by atoms with van der Waals surface area (Å²) in [7, 11) is 0. The molecular formula is C22H29N3O3. The van der Waals surface area contributed by atoms with Gasteiger partial charge in [-0.05, 0) is 62.9 Å². The molecule has 2 aromatic rings. The molecule has 0 spiro atoms. The van der Waals surface area contributed by atoms with E-state index >= 15 is 0 Å². The molecule has 1 fully saturated rings. The summed E-state index contributed by atoms with van der Waals surface area (Å²) < 4.78 is 5.43. The van der Waals surface area contributed by atoms with Gasteiger partial charge < -0.3 is 19.9 Å². The summed E-state index contributed by atoms with van der Waals surface area (Å²) in [4.78, 5) is 30.4. The van der Waals surface area contributed by atoms with Crippen LogP contribution in [0.5, 0.6) is 5.75 Å². The highest BCUT2D eigenvalue weighted by Gasteiger charge is 2.29. The standard InChI is InChI=1S/C22H29N3O3/c1-4-28-19-9-7-17(8-10-19)13-23-21(26)18-6-5-11-25(14-18)22(27)20-15(2)12-16(3)24-20/h7-10,12,18,24H,4-6,11,13-14H2,1-3H3,(H,23,26)/t18-/m0/s1. The molecular weight excluding hydrogens is 354 g/mol. The van der Waals surface area contributed by atoms with Gasteiger partial charge in [0.2, 0.25) is 5.91 Å². The van der Waals surface area contributed by atoms with Gasteiger partial charge in [-0.25, -0.2) is 0 Å². The van der Waals surface area contributed by atoms with E-state index in [0.29, 0.717) is 31.9 Å². The molecule has 0 saturated carbocycles. The number of rotatable bonds is 6. The van der Waals surface area contributed by atoms with E-state index in [-0.39, 0.29) is 17.7 Å². The number of benzene rings is 1. The van der Waals surface area contributed by atoms with Crippen LogP contribution in [-0.2, 0) is 11.3 Å². The van der Waals surface area contributed by atoms with E-state index in [1.54, 1.807) is 4.90 Å². The Morgan fingerprint density at radius 3 is 2.64 bits per heavy atom. The maximum atomic E-state index is 12.8. The number of H-pyrrole nitrogens is 1. The average molecular weight is 383 g/mol.